The number of aromatic nitrogens is 1. The summed E-state index contributed by atoms with van der Waals surface area (Å²) in [4.78, 5) is 17.1. The fourth-order valence-electron chi connectivity index (χ4n) is 2.87. The van der Waals surface area contributed by atoms with Gasteiger partial charge in [-0.3, -0.25) is 4.98 Å². The standard InChI is InChI=1S/C21H15ClF4N2O4/c22-15-5-2-8-27-16(15)11-28(13-4-1-3-12(9-13)19(29)30)14-6-7-17(31-20(23)24)18(10-14)32-21(25)26/h1-10,20-21H,11H2,(H,29,30). The zero-order valence-electron chi connectivity index (χ0n) is 16.1. The molecule has 0 fully saturated rings. The molecule has 0 amide bonds. The summed E-state index contributed by atoms with van der Waals surface area (Å²) in [5.74, 6) is -2.38. The number of hydrogen-bond donors (Lipinski definition) is 1. The maximum absolute atomic E-state index is 12.9. The lowest BCUT2D eigenvalue weighted by Crippen LogP contribution is -2.18. The van der Waals surface area contributed by atoms with Crippen LogP contribution in [0.4, 0.5) is 28.9 Å². The maximum Gasteiger partial charge on any atom is 0.387 e. The number of ether oxygens (including phenoxy) is 2. The third-order valence-corrected chi connectivity index (χ3v) is 4.56. The van der Waals surface area contributed by atoms with Crippen molar-refractivity contribution in [3.8, 4) is 11.5 Å². The van der Waals surface area contributed by atoms with Gasteiger partial charge in [0.2, 0.25) is 0 Å². The number of rotatable bonds is 9. The summed E-state index contributed by atoms with van der Waals surface area (Å²) < 4.78 is 59.7. The van der Waals surface area contributed by atoms with Crippen LogP contribution in [0.3, 0.4) is 0 Å². The van der Waals surface area contributed by atoms with Gasteiger partial charge in [0, 0.05) is 23.6 Å². The Balaban J connectivity index is 2.11. The first kappa shape index (κ1) is 23.1. The number of carboxylic acid groups (broad SMARTS) is 1. The lowest BCUT2D eigenvalue weighted by molar-refractivity contribution is -0.0692. The van der Waals surface area contributed by atoms with Gasteiger partial charge in [0.1, 0.15) is 0 Å². The van der Waals surface area contributed by atoms with Crippen molar-refractivity contribution in [3.63, 3.8) is 0 Å². The predicted octanol–water partition coefficient (Wildman–Crippen LogP) is 5.97. The van der Waals surface area contributed by atoms with Crippen LogP contribution in [0.2, 0.25) is 5.02 Å². The smallest absolute Gasteiger partial charge is 0.387 e. The number of aromatic carboxylic acids is 1. The number of halogens is 5. The van der Waals surface area contributed by atoms with E-state index in [-0.39, 0.29) is 17.8 Å². The fourth-order valence-corrected chi connectivity index (χ4v) is 3.05. The number of carboxylic acids is 1. The lowest BCUT2D eigenvalue weighted by Gasteiger charge is -2.26. The van der Waals surface area contributed by atoms with Crippen molar-refractivity contribution in [2.75, 3.05) is 4.90 Å². The average molecular weight is 471 g/mol. The largest absolute Gasteiger partial charge is 0.478 e. The Morgan fingerprint density at radius 1 is 0.969 bits per heavy atom. The van der Waals surface area contributed by atoms with E-state index in [2.05, 4.69) is 14.5 Å². The quantitative estimate of drug-likeness (QED) is 0.388. The first-order valence-electron chi connectivity index (χ1n) is 8.98. The van der Waals surface area contributed by atoms with Crippen molar-refractivity contribution in [2.45, 2.75) is 19.8 Å². The molecule has 3 aromatic rings. The van der Waals surface area contributed by atoms with Crippen LogP contribution in [-0.2, 0) is 6.54 Å². The van der Waals surface area contributed by atoms with Crippen LogP contribution in [0.1, 0.15) is 16.1 Å². The van der Waals surface area contributed by atoms with E-state index in [1.165, 1.54) is 35.4 Å². The van der Waals surface area contributed by atoms with Crippen molar-refractivity contribution >= 4 is 28.9 Å². The van der Waals surface area contributed by atoms with Crippen molar-refractivity contribution in [2.24, 2.45) is 0 Å². The van der Waals surface area contributed by atoms with E-state index >= 15 is 0 Å². The topological polar surface area (TPSA) is 71.9 Å². The van der Waals surface area contributed by atoms with Crippen LogP contribution in [0, 0.1) is 0 Å². The van der Waals surface area contributed by atoms with E-state index in [1.807, 2.05) is 0 Å². The van der Waals surface area contributed by atoms with Gasteiger partial charge in [-0.2, -0.15) is 17.6 Å². The number of nitrogens with zero attached hydrogens (tertiary/aromatic N) is 2. The van der Waals surface area contributed by atoms with Gasteiger partial charge >= 0.3 is 19.2 Å². The highest BCUT2D eigenvalue weighted by atomic mass is 35.5. The fraction of sp³-hybridized carbons (Fsp3) is 0.143. The SMILES string of the molecule is O=C(O)c1cccc(N(Cc2ncccc2Cl)c2ccc(OC(F)F)c(OC(F)F)c2)c1. The van der Waals surface area contributed by atoms with Gasteiger partial charge in [-0.1, -0.05) is 17.7 Å². The van der Waals surface area contributed by atoms with Gasteiger partial charge < -0.3 is 19.5 Å². The molecule has 2 aromatic carbocycles. The molecule has 0 saturated heterocycles. The molecule has 168 valence electrons. The number of anilines is 2. The maximum atomic E-state index is 12.9. The zero-order valence-corrected chi connectivity index (χ0v) is 16.8. The molecule has 0 spiro atoms. The Morgan fingerprint density at radius 2 is 1.66 bits per heavy atom. The molecule has 11 heteroatoms. The van der Waals surface area contributed by atoms with Gasteiger partial charge in [-0.05, 0) is 42.5 Å². The number of carbonyl (C=O) groups is 1. The van der Waals surface area contributed by atoms with Crippen molar-refractivity contribution in [1.29, 1.82) is 0 Å². The minimum atomic E-state index is -3.29. The van der Waals surface area contributed by atoms with Crippen LogP contribution >= 0.6 is 11.6 Å². The number of benzene rings is 2. The molecular weight excluding hydrogens is 456 g/mol. The second-order valence-corrected chi connectivity index (χ2v) is 6.67. The molecule has 0 atom stereocenters. The van der Waals surface area contributed by atoms with Gasteiger partial charge in [-0.15, -0.1) is 0 Å². The molecule has 0 unspecified atom stereocenters. The first-order chi connectivity index (χ1) is 15.2. The normalized spacial score (nSPS) is 11.0. The van der Waals surface area contributed by atoms with Gasteiger partial charge in [0.15, 0.2) is 11.5 Å². The molecule has 32 heavy (non-hydrogen) atoms. The molecule has 6 nitrogen and oxygen atoms in total. The average Bonchev–Trinajstić information content (AvgIpc) is 2.74. The Kier molecular flexibility index (Phi) is 7.37. The molecule has 0 bridgehead atoms. The number of alkyl halides is 4. The second kappa shape index (κ2) is 10.2. The Bertz CT molecular complexity index is 1100. The highest BCUT2D eigenvalue weighted by molar-refractivity contribution is 6.31. The molecule has 0 aliphatic heterocycles. The highest BCUT2D eigenvalue weighted by Crippen LogP contribution is 2.37. The van der Waals surface area contributed by atoms with Crippen LogP contribution < -0.4 is 14.4 Å². The molecule has 0 saturated carbocycles. The van der Waals surface area contributed by atoms with Gasteiger partial charge in [0.25, 0.3) is 0 Å². The van der Waals surface area contributed by atoms with E-state index < -0.39 is 30.7 Å². The van der Waals surface area contributed by atoms with Crippen LogP contribution in [-0.4, -0.2) is 29.3 Å². The number of pyridine rings is 1. The van der Waals surface area contributed by atoms with Crippen molar-refractivity contribution in [3.05, 3.63) is 77.1 Å². The summed E-state index contributed by atoms with van der Waals surface area (Å²) in [7, 11) is 0. The molecule has 3 rings (SSSR count). The molecule has 1 heterocycles. The molecule has 0 aliphatic carbocycles. The minimum absolute atomic E-state index is 0.00587. The Hall–Kier alpha value is -3.53. The first-order valence-corrected chi connectivity index (χ1v) is 9.36. The third-order valence-electron chi connectivity index (χ3n) is 4.22. The molecule has 0 aliphatic rings. The summed E-state index contributed by atoms with van der Waals surface area (Å²) in [5, 5.41) is 9.63. The Labute approximate surface area is 184 Å². The van der Waals surface area contributed by atoms with Crippen molar-refractivity contribution in [1.82, 2.24) is 4.98 Å². The molecular formula is C21H15ClF4N2O4. The van der Waals surface area contributed by atoms with Crippen molar-refractivity contribution < 1.29 is 36.9 Å². The van der Waals surface area contributed by atoms with Crippen LogP contribution in [0.25, 0.3) is 0 Å². The summed E-state index contributed by atoms with van der Waals surface area (Å²) >= 11 is 6.20. The molecule has 0 radical (unpaired) electrons. The van der Waals surface area contributed by atoms with Gasteiger partial charge in [0.05, 0.1) is 22.8 Å². The molecule has 1 aromatic heterocycles. The highest BCUT2D eigenvalue weighted by Gasteiger charge is 2.20. The van der Waals surface area contributed by atoms with Crippen LogP contribution in [0.15, 0.2) is 60.8 Å². The van der Waals surface area contributed by atoms with E-state index in [1.54, 1.807) is 18.2 Å². The van der Waals surface area contributed by atoms with Gasteiger partial charge in [-0.25, -0.2) is 4.79 Å². The van der Waals surface area contributed by atoms with E-state index in [4.69, 9.17) is 11.6 Å². The monoisotopic (exact) mass is 470 g/mol. The second-order valence-electron chi connectivity index (χ2n) is 6.26. The minimum Gasteiger partial charge on any atom is -0.478 e. The summed E-state index contributed by atoms with van der Waals surface area (Å²) in [6, 6.07) is 12.5. The summed E-state index contributed by atoms with van der Waals surface area (Å²) in [6.07, 6.45) is 1.50. The zero-order chi connectivity index (χ0) is 23.3. The van der Waals surface area contributed by atoms with E-state index in [9.17, 15) is 27.5 Å². The third kappa shape index (κ3) is 5.79. The van der Waals surface area contributed by atoms with Crippen LogP contribution in [0.5, 0.6) is 11.5 Å². The summed E-state index contributed by atoms with van der Waals surface area (Å²) in [6.45, 7) is -6.54. The summed E-state index contributed by atoms with van der Waals surface area (Å²) in [5.41, 5.74) is 0.948. The van der Waals surface area contributed by atoms with E-state index in [0.29, 0.717) is 16.4 Å². The number of hydrogen-bond acceptors (Lipinski definition) is 5. The molecule has 1 N–H and O–H groups in total. The van der Waals surface area contributed by atoms with E-state index in [0.717, 1.165) is 12.1 Å². The lowest BCUT2D eigenvalue weighted by atomic mass is 10.1. The Morgan fingerprint density at radius 3 is 2.31 bits per heavy atom. The predicted molar refractivity (Wildman–Crippen MR) is 108 cm³/mol.